The van der Waals surface area contributed by atoms with E-state index < -0.39 is 0 Å². The highest BCUT2D eigenvalue weighted by molar-refractivity contribution is 5.79. The normalized spacial score (nSPS) is 17.6. The second-order valence-electron chi connectivity index (χ2n) is 9.46. The molecule has 0 aliphatic carbocycles. The molecule has 4 rings (SSSR count). The third kappa shape index (κ3) is 6.72. The Morgan fingerprint density at radius 2 is 1.42 bits per heavy atom. The van der Waals surface area contributed by atoms with Crippen LogP contribution >= 0.6 is 0 Å². The zero-order chi connectivity index (χ0) is 26.9. The maximum atomic E-state index is 13.7. The van der Waals surface area contributed by atoms with Crippen molar-refractivity contribution in [2.24, 2.45) is 0 Å². The van der Waals surface area contributed by atoms with Crippen molar-refractivity contribution in [3.05, 3.63) is 47.0 Å². The molecule has 1 amide bonds. The minimum atomic E-state index is -0.130. The molecule has 2 aromatic rings. The van der Waals surface area contributed by atoms with Gasteiger partial charge in [0.1, 0.15) is 0 Å². The molecule has 2 aromatic carbocycles. The van der Waals surface area contributed by atoms with Crippen molar-refractivity contribution in [3.8, 4) is 23.0 Å². The van der Waals surface area contributed by atoms with Crippen LogP contribution < -0.4 is 18.9 Å². The predicted molar refractivity (Wildman–Crippen MR) is 147 cm³/mol. The van der Waals surface area contributed by atoms with E-state index in [9.17, 15) is 4.79 Å². The first kappa shape index (κ1) is 28.0. The van der Waals surface area contributed by atoms with Gasteiger partial charge < -0.3 is 28.6 Å². The molecule has 1 atom stereocenters. The second kappa shape index (κ2) is 13.7. The zero-order valence-electron chi connectivity index (χ0n) is 23.3. The topological polar surface area (TPSA) is 69.7 Å². The highest BCUT2D eigenvalue weighted by atomic mass is 16.5. The quantitative estimate of drug-likeness (QED) is 0.409. The predicted octanol–water partition coefficient (Wildman–Crippen LogP) is 4.28. The first-order valence-electron chi connectivity index (χ1n) is 14.0. The van der Waals surface area contributed by atoms with Crippen LogP contribution in [0.5, 0.6) is 23.0 Å². The van der Waals surface area contributed by atoms with Gasteiger partial charge in [0, 0.05) is 19.6 Å². The second-order valence-corrected chi connectivity index (χ2v) is 9.46. The lowest BCUT2D eigenvalue weighted by atomic mass is 9.88. The third-order valence-electron chi connectivity index (χ3n) is 6.98. The van der Waals surface area contributed by atoms with Crippen molar-refractivity contribution in [2.45, 2.75) is 46.6 Å². The minimum absolute atomic E-state index is 0.130. The first-order valence-corrected chi connectivity index (χ1v) is 14.0. The number of carbonyl (C=O) groups excluding carboxylic acids is 1. The van der Waals surface area contributed by atoms with Crippen molar-refractivity contribution in [2.75, 3.05) is 65.8 Å². The summed E-state index contributed by atoms with van der Waals surface area (Å²) in [6.45, 7) is 14.1. The van der Waals surface area contributed by atoms with Gasteiger partial charge in [-0.15, -0.1) is 0 Å². The van der Waals surface area contributed by atoms with Crippen LogP contribution in [0.4, 0.5) is 0 Å². The summed E-state index contributed by atoms with van der Waals surface area (Å²) in [6.07, 6.45) is 1.44. The molecule has 8 nitrogen and oxygen atoms in total. The number of morpholine rings is 1. The highest BCUT2D eigenvalue weighted by Crippen LogP contribution is 2.41. The van der Waals surface area contributed by atoms with Gasteiger partial charge >= 0.3 is 0 Å². The monoisotopic (exact) mass is 526 g/mol. The Balaban J connectivity index is 1.69. The van der Waals surface area contributed by atoms with Crippen molar-refractivity contribution >= 4 is 5.91 Å². The van der Waals surface area contributed by atoms with Crippen LogP contribution in [0, 0.1) is 0 Å². The van der Waals surface area contributed by atoms with Gasteiger partial charge in [0.15, 0.2) is 23.0 Å². The van der Waals surface area contributed by atoms with Gasteiger partial charge in [0.2, 0.25) is 5.91 Å². The first-order chi connectivity index (χ1) is 18.6. The summed E-state index contributed by atoms with van der Waals surface area (Å²) in [5, 5.41) is 0. The van der Waals surface area contributed by atoms with E-state index in [2.05, 4.69) is 23.1 Å². The number of nitrogens with zero attached hydrogens (tertiary/aromatic N) is 2. The Hall–Kier alpha value is -2.97. The fraction of sp³-hybridized carbons (Fsp3) is 0.567. The van der Waals surface area contributed by atoms with Crippen molar-refractivity contribution in [1.29, 1.82) is 0 Å². The number of ether oxygens (including phenoxy) is 5. The lowest BCUT2D eigenvalue weighted by Crippen LogP contribution is -2.48. The van der Waals surface area contributed by atoms with E-state index in [-0.39, 0.29) is 11.9 Å². The van der Waals surface area contributed by atoms with Crippen molar-refractivity contribution < 1.29 is 28.5 Å². The Kier molecular flexibility index (Phi) is 10.1. The molecule has 0 radical (unpaired) electrons. The molecule has 208 valence electrons. The number of carbonyl (C=O) groups is 1. The summed E-state index contributed by atoms with van der Waals surface area (Å²) < 4.78 is 29.0. The Labute approximate surface area is 226 Å². The Morgan fingerprint density at radius 3 is 2.08 bits per heavy atom. The number of benzene rings is 2. The van der Waals surface area contributed by atoms with E-state index in [1.807, 2.05) is 44.7 Å². The lowest BCUT2D eigenvalue weighted by Gasteiger charge is -2.39. The van der Waals surface area contributed by atoms with Crippen LogP contribution in [0.15, 0.2) is 30.3 Å². The molecule has 38 heavy (non-hydrogen) atoms. The largest absolute Gasteiger partial charge is 0.490 e. The van der Waals surface area contributed by atoms with Crippen LogP contribution in [0.2, 0.25) is 0 Å². The van der Waals surface area contributed by atoms with Gasteiger partial charge in [-0.3, -0.25) is 9.69 Å². The van der Waals surface area contributed by atoms with Gasteiger partial charge in [0.05, 0.1) is 52.2 Å². The fourth-order valence-corrected chi connectivity index (χ4v) is 5.25. The maximum absolute atomic E-state index is 13.7. The molecule has 0 saturated carbocycles. The summed E-state index contributed by atoms with van der Waals surface area (Å²) in [7, 11) is 0. The van der Waals surface area contributed by atoms with E-state index in [1.54, 1.807) is 0 Å². The van der Waals surface area contributed by atoms with Gasteiger partial charge in [-0.1, -0.05) is 6.07 Å². The number of hydrogen-bond acceptors (Lipinski definition) is 7. The molecule has 0 N–H and O–H groups in total. The van der Waals surface area contributed by atoms with Crippen molar-refractivity contribution in [3.63, 3.8) is 0 Å². The summed E-state index contributed by atoms with van der Waals surface area (Å²) in [5.74, 6) is 3.10. The molecule has 0 aromatic heterocycles. The van der Waals surface area contributed by atoms with Crippen LogP contribution in [0.3, 0.4) is 0 Å². The Morgan fingerprint density at radius 1 is 0.816 bits per heavy atom. The standard InChI is InChI=1S/C30H42N2O6/c1-5-35-26-10-9-22(18-27(26)36-6-2)17-25-24-20-29(38-8-4)28(37-7-3)19-23(24)11-12-32(25)30(33)21-31-13-15-34-16-14-31/h9-10,18-20,25H,5-8,11-17,21H2,1-4H3/t25-/m0/s1. The SMILES string of the molecule is CCOc1ccc(C[C@H]2c3cc(OCC)c(OCC)cc3CCN2C(=O)CN2CCOCC2)cc1OCC. The fourth-order valence-electron chi connectivity index (χ4n) is 5.25. The molecule has 2 aliphatic heterocycles. The van der Waals surface area contributed by atoms with Crippen LogP contribution in [-0.2, 0) is 22.4 Å². The number of hydrogen-bond donors (Lipinski definition) is 0. The molecule has 0 unspecified atom stereocenters. The molecular weight excluding hydrogens is 484 g/mol. The summed E-state index contributed by atoms with van der Waals surface area (Å²) >= 11 is 0. The van der Waals surface area contributed by atoms with E-state index in [0.29, 0.717) is 59.2 Å². The van der Waals surface area contributed by atoms with E-state index in [0.717, 1.165) is 53.6 Å². The number of fused-ring (bicyclic) bond motifs is 1. The average molecular weight is 527 g/mol. The minimum Gasteiger partial charge on any atom is -0.490 e. The molecule has 8 heteroatoms. The molecule has 2 heterocycles. The maximum Gasteiger partial charge on any atom is 0.237 e. The molecule has 1 fully saturated rings. The molecule has 1 saturated heterocycles. The van der Waals surface area contributed by atoms with Gasteiger partial charge in [-0.25, -0.2) is 0 Å². The van der Waals surface area contributed by atoms with Crippen LogP contribution in [-0.4, -0.2) is 81.5 Å². The smallest absolute Gasteiger partial charge is 0.237 e. The van der Waals surface area contributed by atoms with E-state index >= 15 is 0 Å². The lowest BCUT2D eigenvalue weighted by molar-refractivity contribution is -0.136. The Bertz CT molecular complexity index is 1070. The molecule has 0 spiro atoms. The molecular formula is C30H42N2O6. The summed E-state index contributed by atoms with van der Waals surface area (Å²) in [6, 6.07) is 10.1. The zero-order valence-corrected chi connectivity index (χ0v) is 23.3. The molecule has 0 bridgehead atoms. The van der Waals surface area contributed by atoms with E-state index in [4.69, 9.17) is 23.7 Å². The van der Waals surface area contributed by atoms with Crippen LogP contribution in [0.1, 0.15) is 50.4 Å². The van der Waals surface area contributed by atoms with Crippen molar-refractivity contribution in [1.82, 2.24) is 9.80 Å². The number of amides is 1. The van der Waals surface area contributed by atoms with Crippen LogP contribution in [0.25, 0.3) is 0 Å². The van der Waals surface area contributed by atoms with Gasteiger partial charge in [-0.2, -0.15) is 0 Å². The van der Waals surface area contributed by atoms with E-state index in [1.165, 1.54) is 5.56 Å². The number of rotatable bonds is 12. The third-order valence-corrected chi connectivity index (χ3v) is 6.98. The average Bonchev–Trinajstić information content (AvgIpc) is 2.92. The molecule has 2 aliphatic rings. The summed E-state index contributed by atoms with van der Waals surface area (Å²) in [5.41, 5.74) is 3.41. The van der Waals surface area contributed by atoms with Gasteiger partial charge in [-0.05, 0) is 81.5 Å². The highest BCUT2D eigenvalue weighted by Gasteiger charge is 2.33. The summed E-state index contributed by atoms with van der Waals surface area (Å²) in [4.78, 5) is 17.9. The van der Waals surface area contributed by atoms with Gasteiger partial charge in [0.25, 0.3) is 0 Å².